The summed E-state index contributed by atoms with van der Waals surface area (Å²) in [4.78, 5) is 30.9. The lowest BCUT2D eigenvalue weighted by Crippen LogP contribution is -2.67. The fourth-order valence-corrected chi connectivity index (χ4v) is 12.2. The molecular formula is C48H51NO6. The van der Waals surface area contributed by atoms with Crippen molar-refractivity contribution in [1.29, 1.82) is 0 Å². The second-order valence-corrected chi connectivity index (χ2v) is 17.6. The highest BCUT2D eigenvalue weighted by atomic mass is 16.6. The molecule has 6 aliphatic rings. The number of hydrogen-bond donors (Lipinski definition) is 2. The molecule has 2 N–H and O–H groups in total. The van der Waals surface area contributed by atoms with Crippen LogP contribution in [0, 0.1) is 33.5 Å². The standard InChI is InChI=1S/C48H51NO6/c1-44-22-19-36(50)28-46(44)25-26-48(39(29-46)42(51)34-14-16-37(54-3)17-15-34)40(44)20-23-45(2)41(48)21-24-47(45,53)31-49(30-32-9-5-4-6-10-32)43(52)55-38-18-13-33-11-7-8-12-35(33)27-38/h4-18,25-27,29,36,40-41,50,53H,19-24,28,30-31H2,1-3H3. The van der Waals surface area contributed by atoms with Crippen molar-refractivity contribution < 1.29 is 29.3 Å². The van der Waals surface area contributed by atoms with Gasteiger partial charge in [0.2, 0.25) is 0 Å². The fraction of sp³-hybridized carbons (Fsp3) is 0.417. The van der Waals surface area contributed by atoms with E-state index in [9.17, 15) is 19.8 Å². The van der Waals surface area contributed by atoms with Crippen LogP contribution in [0.1, 0.15) is 74.7 Å². The second kappa shape index (κ2) is 12.9. The summed E-state index contributed by atoms with van der Waals surface area (Å²) in [6, 6.07) is 30.9. The van der Waals surface area contributed by atoms with E-state index < -0.39 is 34.0 Å². The Balaban J connectivity index is 1.09. The van der Waals surface area contributed by atoms with E-state index in [0.717, 1.165) is 47.6 Å². The number of fused-ring (bicyclic) bond motifs is 2. The largest absolute Gasteiger partial charge is 0.497 e. The molecule has 3 fully saturated rings. The average molecular weight is 738 g/mol. The first-order chi connectivity index (χ1) is 26.4. The molecule has 4 aromatic rings. The minimum Gasteiger partial charge on any atom is -0.497 e. The van der Waals surface area contributed by atoms with Gasteiger partial charge in [0.25, 0.3) is 0 Å². The monoisotopic (exact) mass is 737 g/mol. The molecule has 0 radical (unpaired) electrons. The molecule has 7 nitrogen and oxygen atoms in total. The third-order valence-corrected chi connectivity index (χ3v) is 15.2. The molecule has 0 heterocycles. The van der Waals surface area contributed by atoms with E-state index in [-0.39, 0.29) is 36.1 Å². The lowest BCUT2D eigenvalue weighted by molar-refractivity contribution is -0.175. The van der Waals surface area contributed by atoms with E-state index in [1.165, 1.54) is 0 Å². The van der Waals surface area contributed by atoms with Crippen LogP contribution < -0.4 is 9.47 Å². The zero-order valence-electron chi connectivity index (χ0n) is 32.0. The number of aliphatic hydroxyl groups excluding tert-OH is 1. The summed E-state index contributed by atoms with van der Waals surface area (Å²) in [5.41, 5.74) is -0.672. The molecule has 55 heavy (non-hydrogen) atoms. The third-order valence-electron chi connectivity index (χ3n) is 15.2. The normalized spacial score (nSPS) is 34.3. The SMILES string of the molecule is COc1ccc(C(=O)C2=CC34C=CC25C(CCC2(C)C5CCC2(O)CN(Cc2ccccc2)C(=O)Oc2ccc5ccccc5c2)C3(C)CCC(O)C4)cc1. The lowest BCUT2D eigenvalue weighted by atomic mass is 9.32. The minimum absolute atomic E-state index is 0.00264. The van der Waals surface area contributed by atoms with Crippen molar-refractivity contribution >= 4 is 22.6 Å². The number of hydrogen-bond acceptors (Lipinski definition) is 6. The maximum atomic E-state index is 14.9. The summed E-state index contributed by atoms with van der Waals surface area (Å²) in [7, 11) is 1.62. The van der Waals surface area contributed by atoms with Crippen LogP contribution in [-0.4, -0.2) is 52.3 Å². The van der Waals surface area contributed by atoms with Gasteiger partial charge in [-0.25, -0.2) is 4.79 Å². The van der Waals surface area contributed by atoms with Gasteiger partial charge < -0.3 is 24.6 Å². The van der Waals surface area contributed by atoms with Crippen molar-refractivity contribution in [2.24, 2.45) is 33.5 Å². The fourth-order valence-electron chi connectivity index (χ4n) is 12.2. The summed E-state index contributed by atoms with van der Waals surface area (Å²) < 4.78 is 11.5. The van der Waals surface area contributed by atoms with Crippen LogP contribution in [0.4, 0.5) is 4.79 Å². The zero-order chi connectivity index (χ0) is 38.2. The number of aliphatic hydroxyl groups is 2. The van der Waals surface area contributed by atoms with E-state index in [4.69, 9.17) is 9.47 Å². The Morgan fingerprint density at radius 2 is 1.45 bits per heavy atom. The Kier molecular flexibility index (Phi) is 8.45. The first-order valence-corrected chi connectivity index (χ1v) is 20.0. The summed E-state index contributed by atoms with van der Waals surface area (Å²) in [5, 5.41) is 26.3. The van der Waals surface area contributed by atoms with Gasteiger partial charge in [-0.1, -0.05) is 92.7 Å². The number of carbonyl (C=O) groups excluding carboxylic acids is 2. The van der Waals surface area contributed by atoms with Crippen LogP contribution >= 0.6 is 0 Å². The van der Waals surface area contributed by atoms with E-state index in [2.05, 4.69) is 32.1 Å². The molecule has 8 unspecified atom stereocenters. The van der Waals surface area contributed by atoms with Gasteiger partial charge in [0.05, 0.1) is 25.4 Å². The molecule has 8 atom stereocenters. The second-order valence-electron chi connectivity index (χ2n) is 17.6. The van der Waals surface area contributed by atoms with Gasteiger partial charge in [0, 0.05) is 33.9 Å². The number of ketones is 1. The molecule has 2 spiro atoms. The van der Waals surface area contributed by atoms with E-state index in [1.54, 1.807) is 12.0 Å². The molecule has 2 bridgehead atoms. The molecule has 284 valence electrons. The zero-order valence-corrected chi connectivity index (χ0v) is 32.0. The van der Waals surface area contributed by atoms with Crippen molar-refractivity contribution in [2.75, 3.05) is 13.7 Å². The maximum Gasteiger partial charge on any atom is 0.415 e. The van der Waals surface area contributed by atoms with Crippen molar-refractivity contribution in [3.63, 3.8) is 0 Å². The highest BCUT2D eigenvalue weighted by Crippen LogP contribution is 2.78. The number of ether oxygens (including phenoxy) is 2. The topological polar surface area (TPSA) is 96.3 Å². The van der Waals surface area contributed by atoms with Crippen molar-refractivity contribution in [3.8, 4) is 11.5 Å². The lowest BCUT2D eigenvalue weighted by Gasteiger charge is -2.71. The maximum absolute atomic E-state index is 14.9. The van der Waals surface area contributed by atoms with E-state index in [0.29, 0.717) is 36.3 Å². The van der Waals surface area contributed by atoms with Crippen LogP contribution in [0.3, 0.4) is 0 Å². The molecule has 10 rings (SSSR count). The predicted molar refractivity (Wildman–Crippen MR) is 213 cm³/mol. The Morgan fingerprint density at radius 3 is 2.22 bits per heavy atom. The van der Waals surface area contributed by atoms with Crippen molar-refractivity contribution in [1.82, 2.24) is 4.90 Å². The smallest absolute Gasteiger partial charge is 0.415 e. The Bertz CT molecular complexity index is 2210. The average Bonchev–Trinajstić information content (AvgIpc) is 3.47. The molecule has 4 aromatic carbocycles. The van der Waals surface area contributed by atoms with Gasteiger partial charge in [-0.3, -0.25) is 4.79 Å². The highest BCUT2D eigenvalue weighted by molar-refractivity contribution is 6.10. The molecule has 1 amide bonds. The molecular weight excluding hydrogens is 687 g/mol. The van der Waals surface area contributed by atoms with Gasteiger partial charge >= 0.3 is 6.09 Å². The van der Waals surface area contributed by atoms with Crippen LogP contribution in [0.2, 0.25) is 0 Å². The van der Waals surface area contributed by atoms with Gasteiger partial charge in [0.1, 0.15) is 11.5 Å². The van der Waals surface area contributed by atoms with Gasteiger partial charge in [-0.05, 0) is 115 Å². The van der Waals surface area contributed by atoms with Crippen LogP contribution in [0.5, 0.6) is 11.5 Å². The summed E-state index contributed by atoms with van der Waals surface area (Å²) in [6.45, 7) is 4.98. The van der Waals surface area contributed by atoms with Crippen molar-refractivity contribution in [2.45, 2.75) is 77.0 Å². The van der Waals surface area contributed by atoms with Crippen molar-refractivity contribution in [3.05, 3.63) is 132 Å². The Labute approximate surface area is 323 Å². The summed E-state index contributed by atoms with van der Waals surface area (Å²) >= 11 is 0. The third kappa shape index (κ3) is 5.37. The number of methoxy groups -OCH3 is 1. The number of amides is 1. The number of carbonyl (C=O) groups is 2. The van der Waals surface area contributed by atoms with Crippen LogP contribution in [0.25, 0.3) is 10.8 Å². The molecule has 0 aromatic heterocycles. The number of nitrogens with zero attached hydrogens (tertiary/aromatic N) is 1. The molecule has 0 saturated heterocycles. The predicted octanol–water partition coefficient (Wildman–Crippen LogP) is 9.32. The van der Waals surface area contributed by atoms with Crippen LogP contribution in [0.15, 0.2) is 121 Å². The first kappa shape index (κ1) is 35.9. The Morgan fingerprint density at radius 1 is 0.782 bits per heavy atom. The first-order valence-electron chi connectivity index (χ1n) is 20.0. The number of allylic oxidation sites excluding steroid dienone is 4. The molecule has 3 saturated carbocycles. The number of benzene rings is 4. The molecule has 0 aliphatic heterocycles. The van der Waals surface area contributed by atoms with E-state index >= 15 is 0 Å². The molecule has 6 aliphatic carbocycles. The van der Waals surface area contributed by atoms with Gasteiger partial charge in [-0.15, -0.1) is 0 Å². The highest BCUT2D eigenvalue weighted by Gasteiger charge is 2.74. The Hall–Kier alpha value is -4.72. The summed E-state index contributed by atoms with van der Waals surface area (Å²) in [6.07, 6.45) is 11.0. The number of rotatable bonds is 8. The quantitative estimate of drug-likeness (QED) is 0.138. The van der Waals surface area contributed by atoms with E-state index in [1.807, 2.05) is 97.1 Å². The summed E-state index contributed by atoms with van der Waals surface area (Å²) in [5.74, 6) is 1.27. The van der Waals surface area contributed by atoms with Crippen LogP contribution in [-0.2, 0) is 6.54 Å². The van der Waals surface area contributed by atoms with Gasteiger partial charge in [0.15, 0.2) is 5.78 Å². The van der Waals surface area contributed by atoms with Gasteiger partial charge in [-0.2, -0.15) is 0 Å². The number of Topliss-reactive ketones (excluding diaryl/α,β-unsaturated/α-hetero) is 1. The molecule has 7 heteroatoms. The minimum atomic E-state index is -1.24.